The largest absolute Gasteiger partial charge is 0.396 e. The number of alkyl halides is 1. The number of rotatable bonds is 7. The first-order valence-electron chi connectivity index (χ1n) is 4.22. The van der Waals surface area contributed by atoms with Crippen LogP contribution in [0.4, 0.5) is 0 Å². The minimum Gasteiger partial charge on any atom is -0.396 e. The van der Waals surface area contributed by atoms with Gasteiger partial charge in [0, 0.05) is 18.5 Å². The summed E-state index contributed by atoms with van der Waals surface area (Å²) in [4.78, 5) is 0. The van der Waals surface area contributed by atoms with E-state index in [-0.39, 0.29) is 24.3 Å². The lowest BCUT2D eigenvalue weighted by atomic mass is 10.2. The van der Waals surface area contributed by atoms with Gasteiger partial charge in [0.25, 0.3) is 0 Å². The van der Waals surface area contributed by atoms with Crippen LogP contribution in [0.2, 0.25) is 0 Å². The number of halogens is 1. The molecule has 0 aliphatic heterocycles. The molecule has 0 aliphatic rings. The third kappa shape index (κ3) is 6.26. The number of aliphatic hydroxyl groups excluding tert-OH is 1. The van der Waals surface area contributed by atoms with E-state index in [4.69, 9.17) is 16.7 Å². The number of sulfonamides is 1. The quantitative estimate of drug-likeness (QED) is 0.618. The van der Waals surface area contributed by atoms with Crippen molar-refractivity contribution in [2.45, 2.75) is 25.8 Å². The van der Waals surface area contributed by atoms with Crippen LogP contribution in [0.5, 0.6) is 0 Å². The Hall–Kier alpha value is 0.160. The summed E-state index contributed by atoms with van der Waals surface area (Å²) in [5, 5.41) is 8.63. The summed E-state index contributed by atoms with van der Waals surface area (Å²) in [5.74, 6) is 0.0153. The molecule has 80 valence electrons. The molecule has 0 aliphatic carbocycles. The first kappa shape index (κ1) is 13.2. The smallest absolute Gasteiger partial charge is 0.213 e. The van der Waals surface area contributed by atoms with Crippen molar-refractivity contribution in [3.8, 4) is 0 Å². The highest BCUT2D eigenvalue weighted by atomic mass is 35.5. The maximum absolute atomic E-state index is 11.2. The second-order valence-electron chi connectivity index (χ2n) is 2.74. The van der Waals surface area contributed by atoms with Gasteiger partial charge in [0.05, 0.1) is 5.75 Å². The Balaban J connectivity index is 4.06. The molecule has 0 aromatic heterocycles. The van der Waals surface area contributed by atoms with Gasteiger partial charge >= 0.3 is 0 Å². The van der Waals surface area contributed by atoms with E-state index >= 15 is 0 Å². The Bertz CT molecular complexity index is 218. The molecule has 0 heterocycles. The van der Waals surface area contributed by atoms with Gasteiger partial charge in [-0.25, -0.2) is 13.1 Å². The molecule has 0 bridgehead atoms. The Morgan fingerprint density at radius 2 is 2.15 bits per heavy atom. The molecule has 4 nitrogen and oxygen atoms in total. The van der Waals surface area contributed by atoms with Gasteiger partial charge in [-0.1, -0.05) is 6.92 Å². The molecule has 0 saturated carbocycles. The molecule has 6 heteroatoms. The van der Waals surface area contributed by atoms with E-state index in [1.165, 1.54) is 0 Å². The zero-order valence-electron chi connectivity index (χ0n) is 7.66. The second kappa shape index (κ2) is 6.59. The molecule has 13 heavy (non-hydrogen) atoms. The predicted octanol–water partition coefficient (Wildman–Crippen LogP) is 0.306. The highest BCUT2D eigenvalue weighted by molar-refractivity contribution is 7.89. The lowest BCUT2D eigenvalue weighted by Gasteiger charge is -2.14. The van der Waals surface area contributed by atoms with Gasteiger partial charge in [0.1, 0.15) is 0 Å². The molecule has 0 saturated heterocycles. The molecule has 0 fully saturated rings. The highest BCUT2D eigenvalue weighted by Crippen LogP contribution is 1.99. The summed E-state index contributed by atoms with van der Waals surface area (Å²) in [5.41, 5.74) is 0. The van der Waals surface area contributed by atoms with Crippen molar-refractivity contribution in [1.82, 2.24) is 4.72 Å². The molecule has 1 atom stereocenters. The fourth-order valence-electron chi connectivity index (χ4n) is 0.917. The molecule has 0 aromatic carbocycles. The minimum absolute atomic E-state index is 0.0120. The standard InChI is InChI=1S/C7H16ClNO3S/c1-2-7(3-5-10)9-13(11,12)6-4-8/h7,9-10H,2-6H2,1H3. The van der Waals surface area contributed by atoms with Crippen molar-refractivity contribution < 1.29 is 13.5 Å². The van der Waals surface area contributed by atoms with E-state index in [2.05, 4.69) is 4.72 Å². The molecule has 0 aromatic rings. The topological polar surface area (TPSA) is 66.4 Å². The molecular weight excluding hydrogens is 214 g/mol. The number of nitrogens with one attached hydrogen (secondary N) is 1. The average Bonchev–Trinajstić information content (AvgIpc) is 2.03. The van der Waals surface area contributed by atoms with E-state index in [1.807, 2.05) is 6.92 Å². The number of hydrogen-bond acceptors (Lipinski definition) is 3. The Morgan fingerprint density at radius 1 is 1.54 bits per heavy atom. The molecular formula is C7H16ClNO3S. The van der Waals surface area contributed by atoms with E-state index < -0.39 is 10.0 Å². The summed E-state index contributed by atoms with van der Waals surface area (Å²) in [6.07, 6.45) is 1.11. The second-order valence-corrected chi connectivity index (χ2v) is 4.99. The van der Waals surface area contributed by atoms with Crippen molar-refractivity contribution in [2.24, 2.45) is 0 Å². The van der Waals surface area contributed by atoms with Crippen LogP contribution in [-0.2, 0) is 10.0 Å². The van der Waals surface area contributed by atoms with E-state index in [1.54, 1.807) is 0 Å². The van der Waals surface area contributed by atoms with Crippen molar-refractivity contribution in [2.75, 3.05) is 18.2 Å². The monoisotopic (exact) mass is 229 g/mol. The molecule has 0 radical (unpaired) electrons. The number of hydrogen-bond donors (Lipinski definition) is 2. The third-order valence-electron chi connectivity index (χ3n) is 1.66. The maximum atomic E-state index is 11.2. The SMILES string of the molecule is CCC(CCO)NS(=O)(=O)CCCl. The van der Waals surface area contributed by atoms with Gasteiger partial charge in [-0.3, -0.25) is 0 Å². The minimum atomic E-state index is -3.26. The van der Waals surface area contributed by atoms with Crippen LogP contribution in [0.25, 0.3) is 0 Å². The fourth-order valence-corrected chi connectivity index (χ4v) is 2.64. The van der Waals surface area contributed by atoms with Crippen molar-refractivity contribution in [3.63, 3.8) is 0 Å². The Morgan fingerprint density at radius 3 is 2.54 bits per heavy atom. The zero-order chi connectivity index (χ0) is 10.3. The summed E-state index contributed by atoms with van der Waals surface area (Å²) < 4.78 is 24.9. The van der Waals surface area contributed by atoms with Crippen LogP contribution in [0, 0.1) is 0 Å². The van der Waals surface area contributed by atoms with Gasteiger partial charge in [-0.15, -0.1) is 11.6 Å². The molecule has 0 spiro atoms. The Kier molecular flexibility index (Phi) is 6.67. The lowest BCUT2D eigenvalue weighted by Crippen LogP contribution is -2.36. The van der Waals surface area contributed by atoms with Crippen molar-refractivity contribution >= 4 is 21.6 Å². The van der Waals surface area contributed by atoms with Crippen LogP contribution >= 0.6 is 11.6 Å². The van der Waals surface area contributed by atoms with E-state index in [0.717, 1.165) is 0 Å². The van der Waals surface area contributed by atoms with E-state index in [0.29, 0.717) is 12.8 Å². The fraction of sp³-hybridized carbons (Fsp3) is 1.00. The van der Waals surface area contributed by atoms with Gasteiger partial charge in [-0.05, 0) is 12.8 Å². The third-order valence-corrected chi connectivity index (χ3v) is 3.51. The van der Waals surface area contributed by atoms with E-state index in [9.17, 15) is 8.42 Å². The zero-order valence-corrected chi connectivity index (χ0v) is 9.24. The molecule has 1 unspecified atom stereocenters. The first-order chi connectivity index (χ1) is 6.05. The van der Waals surface area contributed by atoms with Gasteiger partial charge in [0.15, 0.2) is 0 Å². The Labute approximate surface area is 84.3 Å². The van der Waals surface area contributed by atoms with Crippen molar-refractivity contribution in [1.29, 1.82) is 0 Å². The summed E-state index contributed by atoms with van der Waals surface area (Å²) in [6, 6.07) is -0.182. The summed E-state index contributed by atoms with van der Waals surface area (Å²) in [7, 11) is -3.26. The normalized spacial score (nSPS) is 14.4. The van der Waals surface area contributed by atoms with Crippen LogP contribution in [0.15, 0.2) is 0 Å². The molecule has 0 amide bonds. The maximum Gasteiger partial charge on any atom is 0.213 e. The number of aliphatic hydroxyl groups is 1. The average molecular weight is 230 g/mol. The summed E-state index contributed by atoms with van der Waals surface area (Å²) in [6.45, 7) is 1.85. The molecule has 2 N–H and O–H groups in total. The van der Waals surface area contributed by atoms with Gasteiger partial charge in [-0.2, -0.15) is 0 Å². The lowest BCUT2D eigenvalue weighted by molar-refractivity contribution is 0.270. The van der Waals surface area contributed by atoms with Crippen molar-refractivity contribution in [3.05, 3.63) is 0 Å². The summed E-state index contributed by atoms with van der Waals surface area (Å²) >= 11 is 5.32. The van der Waals surface area contributed by atoms with Crippen LogP contribution < -0.4 is 4.72 Å². The van der Waals surface area contributed by atoms with Crippen LogP contribution in [0.1, 0.15) is 19.8 Å². The predicted molar refractivity (Wildman–Crippen MR) is 53.4 cm³/mol. The first-order valence-corrected chi connectivity index (χ1v) is 6.41. The molecule has 0 rings (SSSR count). The van der Waals surface area contributed by atoms with Gasteiger partial charge < -0.3 is 5.11 Å². The van der Waals surface area contributed by atoms with Gasteiger partial charge in [0.2, 0.25) is 10.0 Å². The van der Waals surface area contributed by atoms with Crippen LogP contribution in [0.3, 0.4) is 0 Å². The van der Waals surface area contributed by atoms with Crippen LogP contribution in [-0.4, -0.2) is 37.8 Å². The highest BCUT2D eigenvalue weighted by Gasteiger charge is 2.14.